The lowest BCUT2D eigenvalue weighted by atomic mass is 10.1. The second kappa shape index (κ2) is 8.49. The number of sulfonamides is 1. The molecule has 0 spiro atoms. The highest BCUT2D eigenvalue weighted by molar-refractivity contribution is 7.89. The number of piperazine rings is 1. The summed E-state index contributed by atoms with van der Waals surface area (Å²) in [4.78, 5) is 6.08. The second-order valence-corrected chi connectivity index (χ2v) is 9.50. The molecular formula is C22H23F2N3O3S. The predicted octanol–water partition coefficient (Wildman–Crippen LogP) is 3.74. The van der Waals surface area contributed by atoms with E-state index in [4.69, 9.17) is 4.42 Å². The Morgan fingerprint density at radius 1 is 1.03 bits per heavy atom. The van der Waals surface area contributed by atoms with E-state index in [0.717, 1.165) is 40.8 Å². The summed E-state index contributed by atoms with van der Waals surface area (Å²) in [5.74, 6) is -0.459. The maximum absolute atomic E-state index is 14.0. The van der Waals surface area contributed by atoms with Gasteiger partial charge in [0.1, 0.15) is 22.3 Å². The first-order valence-corrected chi connectivity index (χ1v) is 11.4. The van der Waals surface area contributed by atoms with Gasteiger partial charge in [0.05, 0.1) is 5.69 Å². The molecule has 1 saturated heterocycles. The SMILES string of the molecule is Cc1ccccc1-c1nc(CN2CCN(S(=O)(=O)c3cc(F)ccc3F)CC2)c(C)o1. The molecule has 0 saturated carbocycles. The highest BCUT2D eigenvalue weighted by Gasteiger charge is 2.31. The third kappa shape index (κ3) is 4.39. The van der Waals surface area contributed by atoms with Gasteiger partial charge in [-0.15, -0.1) is 0 Å². The molecule has 3 aromatic rings. The van der Waals surface area contributed by atoms with Crippen molar-refractivity contribution in [3.63, 3.8) is 0 Å². The van der Waals surface area contributed by atoms with Crippen molar-refractivity contribution in [3.8, 4) is 11.5 Å². The van der Waals surface area contributed by atoms with Crippen LogP contribution >= 0.6 is 0 Å². The molecule has 0 amide bonds. The van der Waals surface area contributed by atoms with Gasteiger partial charge in [0.25, 0.3) is 0 Å². The molecule has 0 bridgehead atoms. The lowest BCUT2D eigenvalue weighted by Crippen LogP contribution is -2.48. The molecule has 1 aromatic heterocycles. The number of hydrogen-bond donors (Lipinski definition) is 0. The van der Waals surface area contributed by atoms with Crippen LogP contribution in [-0.4, -0.2) is 48.8 Å². The average molecular weight is 448 g/mol. The summed E-state index contributed by atoms with van der Waals surface area (Å²) in [5.41, 5.74) is 2.80. The Labute approximate surface area is 180 Å². The lowest BCUT2D eigenvalue weighted by Gasteiger charge is -2.33. The second-order valence-electron chi connectivity index (χ2n) is 7.59. The van der Waals surface area contributed by atoms with Crippen molar-refractivity contribution in [3.05, 3.63) is 71.1 Å². The molecule has 31 heavy (non-hydrogen) atoms. The number of nitrogens with zero attached hydrogens (tertiary/aromatic N) is 3. The Hall–Kier alpha value is -2.62. The van der Waals surface area contributed by atoms with Crippen LogP contribution in [0.5, 0.6) is 0 Å². The fourth-order valence-electron chi connectivity index (χ4n) is 3.66. The molecule has 2 aromatic carbocycles. The molecular weight excluding hydrogens is 424 g/mol. The van der Waals surface area contributed by atoms with Crippen molar-refractivity contribution >= 4 is 10.0 Å². The van der Waals surface area contributed by atoms with Crippen LogP contribution in [0.25, 0.3) is 11.5 Å². The van der Waals surface area contributed by atoms with E-state index in [9.17, 15) is 17.2 Å². The smallest absolute Gasteiger partial charge is 0.246 e. The molecule has 0 N–H and O–H groups in total. The number of hydrogen-bond acceptors (Lipinski definition) is 5. The highest BCUT2D eigenvalue weighted by atomic mass is 32.2. The number of aromatic nitrogens is 1. The van der Waals surface area contributed by atoms with E-state index in [1.165, 1.54) is 4.31 Å². The van der Waals surface area contributed by atoms with Crippen molar-refractivity contribution in [2.75, 3.05) is 26.2 Å². The zero-order chi connectivity index (χ0) is 22.2. The zero-order valence-electron chi connectivity index (χ0n) is 17.3. The van der Waals surface area contributed by atoms with E-state index >= 15 is 0 Å². The van der Waals surface area contributed by atoms with E-state index in [0.29, 0.717) is 25.5 Å². The quantitative estimate of drug-likeness (QED) is 0.596. The molecule has 164 valence electrons. The van der Waals surface area contributed by atoms with Crippen LogP contribution in [0.3, 0.4) is 0 Å². The van der Waals surface area contributed by atoms with Crippen LogP contribution in [0.2, 0.25) is 0 Å². The summed E-state index contributed by atoms with van der Waals surface area (Å²) in [5, 5.41) is 0. The number of rotatable bonds is 5. The zero-order valence-corrected chi connectivity index (χ0v) is 18.1. The van der Waals surface area contributed by atoms with Gasteiger partial charge in [0.15, 0.2) is 0 Å². The van der Waals surface area contributed by atoms with Crippen molar-refractivity contribution < 1.29 is 21.6 Å². The van der Waals surface area contributed by atoms with Gasteiger partial charge in [-0.05, 0) is 43.7 Å². The normalized spacial score (nSPS) is 16.0. The van der Waals surface area contributed by atoms with Crippen LogP contribution in [0.1, 0.15) is 17.0 Å². The van der Waals surface area contributed by atoms with E-state index in [2.05, 4.69) is 9.88 Å². The van der Waals surface area contributed by atoms with Gasteiger partial charge >= 0.3 is 0 Å². The Morgan fingerprint density at radius 2 is 1.74 bits per heavy atom. The molecule has 2 heterocycles. The predicted molar refractivity (Wildman–Crippen MR) is 112 cm³/mol. The summed E-state index contributed by atoms with van der Waals surface area (Å²) in [6.45, 7) is 5.63. The fraction of sp³-hybridized carbons (Fsp3) is 0.318. The third-order valence-electron chi connectivity index (χ3n) is 5.48. The van der Waals surface area contributed by atoms with Crippen LogP contribution in [-0.2, 0) is 16.6 Å². The van der Waals surface area contributed by atoms with Gasteiger partial charge in [-0.2, -0.15) is 4.31 Å². The minimum atomic E-state index is -4.10. The Bertz CT molecular complexity index is 1200. The number of oxazole rings is 1. The van der Waals surface area contributed by atoms with Gasteiger partial charge in [-0.1, -0.05) is 18.2 Å². The lowest BCUT2D eigenvalue weighted by molar-refractivity contribution is 0.179. The van der Waals surface area contributed by atoms with E-state index in [1.807, 2.05) is 38.1 Å². The van der Waals surface area contributed by atoms with Crippen LogP contribution in [0.15, 0.2) is 51.8 Å². The number of benzene rings is 2. The highest BCUT2D eigenvalue weighted by Crippen LogP contribution is 2.26. The molecule has 4 rings (SSSR count). The minimum Gasteiger partial charge on any atom is -0.441 e. The monoisotopic (exact) mass is 447 g/mol. The topological polar surface area (TPSA) is 66.7 Å². The maximum Gasteiger partial charge on any atom is 0.246 e. The Balaban J connectivity index is 1.44. The first kappa shape index (κ1) is 21.6. The van der Waals surface area contributed by atoms with Gasteiger partial charge in [0, 0.05) is 38.3 Å². The van der Waals surface area contributed by atoms with Crippen LogP contribution in [0.4, 0.5) is 8.78 Å². The molecule has 1 fully saturated rings. The van der Waals surface area contributed by atoms with Crippen molar-refractivity contribution in [1.82, 2.24) is 14.2 Å². The van der Waals surface area contributed by atoms with E-state index in [-0.39, 0.29) is 13.1 Å². The van der Waals surface area contributed by atoms with Gasteiger partial charge in [0.2, 0.25) is 15.9 Å². The summed E-state index contributed by atoms with van der Waals surface area (Å²) in [7, 11) is -4.10. The molecule has 1 aliphatic heterocycles. The molecule has 0 aliphatic carbocycles. The summed E-state index contributed by atoms with van der Waals surface area (Å²) >= 11 is 0. The van der Waals surface area contributed by atoms with E-state index in [1.54, 1.807) is 0 Å². The van der Waals surface area contributed by atoms with Crippen molar-refractivity contribution in [2.24, 2.45) is 0 Å². The van der Waals surface area contributed by atoms with Gasteiger partial charge in [-0.25, -0.2) is 22.2 Å². The maximum atomic E-state index is 14.0. The van der Waals surface area contributed by atoms with Crippen molar-refractivity contribution in [1.29, 1.82) is 0 Å². The largest absolute Gasteiger partial charge is 0.441 e. The summed E-state index contributed by atoms with van der Waals surface area (Å²) in [6, 6.07) is 10.3. The minimum absolute atomic E-state index is 0.180. The number of aryl methyl sites for hydroxylation is 2. The summed E-state index contributed by atoms with van der Waals surface area (Å²) in [6.07, 6.45) is 0. The Kier molecular flexibility index (Phi) is 5.92. The van der Waals surface area contributed by atoms with E-state index < -0.39 is 26.6 Å². The fourth-order valence-corrected chi connectivity index (χ4v) is 5.15. The first-order valence-electron chi connectivity index (χ1n) is 9.95. The van der Waals surface area contributed by atoms with Crippen LogP contribution in [0, 0.1) is 25.5 Å². The van der Waals surface area contributed by atoms with Gasteiger partial charge < -0.3 is 4.42 Å². The third-order valence-corrected chi connectivity index (χ3v) is 7.40. The molecule has 0 atom stereocenters. The molecule has 0 radical (unpaired) electrons. The number of halogens is 2. The van der Waals surface area contributed by atoms with Crippen LogP contribution < -0.4 is 0 Å². The average Bonchev–Trinajstić information content (AvgIpc) is 3.10. The molecule has 0 unspecified atom stereocenters. The molecule has 1 aliphatic rings. The molecule has 9 heteroatoms. The van der Waals surface area contributed by atoms with Crippen molar-refractivity contribution in [2.45, 2.75) is 25.3 Å². The molecule has 6 nitrogen and oxygen atoms in total. The summed E-state index contributed by atoms with van der Waals surface area (Å²) < 4.78 is 60.0. The standard InChI is InChI=1S/C22H23F2N3O3S/c1-15-5-3-4-6-18(15)22-25-20(16(2)30-22)14-26-9-11-27(12-10-26)31(28,29)21-13-17(23)7-8-19(21)24/h3-8,13H,9-12,14H2,1-2H3. The first-order chi connectivity index (χ1) is 14.8. The Morgan fingerprint density at radius 3 is 2.45 bits per heavy atom. The van der Waals surface area contributed by atoms with Gasteiger partial charge in [-0.3, -0.25) is 4.90 Å².